The van der Waals surface area contributed by atoms with Crippen molar-refractivity contribution in [2.75, 3.05) is 7.05 Å². The topological polar surface area (TPSA) is 24.4 Å². The van der Waals surface area contributed by atoms with Crippen molar-refractivity contribution < 1.29 is 0 Å². The van der Waals surface area contributed by atoms with Gasteiger partial charge >= 0.3 is 0 Å². The standard InChI is InChI=1S/C10H17BrN2/c1-9(2)13-8-10(11)6-4-5-7-12-3/h4,6-9,13H,5H2,1-3H3/b6-4-,10-8+,12-7+. The van der Waals surface area contributed by atoms with Gasteiger partial charge in [0.15, 0.2) is 0 Å². The number of aliphatic imine (C=N–C) groups is 1. The molecule has 0 aliphatic rings. The minimum absolute atomic E-state index is 0.471. The van der Waals surface area contributed by atoms with E-state index in [0.717, 1.165) is 10.9 Å². The second-order valence-electron chi connectivity index (χ2n) is 2.93. The molecule has 0 saturated carbocycles. The Hall–Kier alpha value is -0.570. The van der Waals surface area contributed by atoms with E-state index in [1.165, 1.54) is 0 Å². The Balaban J connectivity index is 3.77. The summed E-state index contributed by atoms with van der Waals surface area (Å²) in [7, 11) is 1.78. The van der Waals surface area contributed by atoms with Crippen molar-refractivity contribution in [1.29, 1.82) is 0 Å². The summed E-state index contributed by atoms with van der Waals surface area (Å²) < 4.78 is 1.05. The average molecular weight is 245 g/mol. The molecule has 0 aromatic carbocycles. The van der Waals surface area contributed by atoms with Gasteiger partial charge in [-0.15, -0.1) is 0 Å². The van der Waals surface area contributed by atoms with Crippen molar-refractivity contribution in [1.82, 2.24) is 5.32 Å². The lowest BCUT2D eigenvalue weighted by atomic mass is 10.4. The molecule has 3 heteroatoms. The molecule has 0 unspecified atom stereocenters. The summed E-state index contributed by atoms with van der Waals surface area (Å²) in [5.41, 5.74) is 0. The van der Waals surface area contributed by atoms with Crippen LogP contribution < -0.4 is 5.32 Å². The van der Waals surface area contributed by atoms with Gasteiger partial charge in [0.1, 0.15) is 0 Å². The molecule has 0 spiro atoms. The fraction of sp³-hybridized carbons (Fsp3) is 0.500. The summed E-state index contributed by atoms with van der Waals surface area (Å²) in [4.78, 5) is 3.88. The first-order chi connectivity index (χ1) is 6.16. The Kier molecular flexibility index (Phi) is 7.69. The summed E-state index contributed by atoms with van der Waals surface area (Å²) in [5, 5.41) is 3.19. The molecule has 0 aromatic heterocycles. The fourth-order valence-corrected chi connectivity index (χ4v) is 0.960. The lowest BCUT2D eigenvalue weighted by molar-refractivity contribution is 0.702. The van der Waals surface area contributed by atoms with Crippen molar-refractivity contribution in [2.45, 2.75) is 26.3 Å². The molecule has 0 fully saturated rings. The molecule has 0 saturated heterocycles. The number of rotatable bonds is 5. The first kappa shape index (κ1) is 12.4. The van der Waals surface area contributed by atoms with Gasteiger partial charge in [0, 0.05) is 36.4 Å². The second-order valence-corrected chi connectivity index (χ2v) is 3.85. The van der Waals surface area contributed by atoms with Gasteiger partial charge in [-0.1, -0.05) is 12.2 Å². The maximum absolute atomic E-state index is 3.88. The van der Waals surface area contributed by atoms with Crippen LogP contribution in [0.15, 0.2) is 27.8 Å². The summed E-state index contributed by atoms with van der Waals surface area (Å²) >= 11 is 3.43. The molecule has 2 nitrogen and oxygen atoms in total. The average Bonchev–Trinajstić information content (AvgIpc) is 2.09. The second kappa shape index (κ2) is 8.05. The molecule has 0 heterocycles. The Labute approximate surface area is 89.0 Å². The highest BCUT2D eigenvalue weighted by Crippen LogP contribution is 2.05. The first-order valence-electron chi connectivity index (χ1n) is 4.35. The maximum atomic E-state index is 3.88. The van der Waals surface area contributed by atoms with Crippen LogP contribution in [-0.2, 0) is 0 Å². The van der Waals surface area contributed by atoms with Gasteiger partial charge in [-0.3, -0.25) is 0 Å². The normalized spacial score (nSPS) is 13.5. The number of hydrogen-bond acceptors (Lipinski definition) is 2. The highest BCUT2D eigenvalue weighted by atomic mass is 79.9. The number of hydrogen-bond donors (Lipinski definition) is 1. The number of nitrogens with one attached hydrogen (secondary N) is 1. The third kappa shape index (κ3) is 9.34. The van der Waals surface area contributed by atoms with Crippen LogP contribution in [0.5, 0.6) is 0 Å². The molecule has 0 atom stereocenters. The minimum atomic E-state index is 0.471. The zero-order chi connectivity index (χ0) is 10.1. The minimum Gasteiger partial charge on any atom is -0.388 e. The number of allylic oxidation sites excluding steroid dienone is 3. The van der Waals surface area contributed by atoms with E-state index in [1.807, 2.05) is 18.5 Å². The van der Waals surface area contributed by atoms with E-state index < -0.39 is 0 Å². The van der Waals surface area contributed by atoms with E-state index in [0.29, 0.717) is 6.04 Å². The van der Waals surface area contributed by atoms with Crippen LogP contribution >= 0.6 is 15.9 Å². The van der Waals surface area contributed by atoms with Crippen LogP contribution in [-0.4, -0.2) is 19.3 Å². The number of halogens is 1. The Morgan fingerprint density at radius 2 is 2.23 bits per heavy atom. The molecule has 1 N–H and O–H groups in total. The third-order valence-corrected chi connectivity index (χ3v) is 1.75. The fourth-order valence-electron chi connectivity index (χ4n) is 0.641. The van der Waals surface area contributed by atoms with Crippen LogP contribution in [0.4, 0.5) is 0 Å². The Bertz CT molecular complexity index is 205. The summed E-state index contributed by atoms with van der Waals surface area (Å²) in [6.07, 6.45) is 8.75. The molecular weight excluding hydrogens is 228 g/mol. The van der Waals surface area contributed by atoms with Crippen molar-refractivity contribution in [3.63, 3.8) is 0 Å². The van der Waals surface area contributed by atoms with Gasteiger partial charge in [-0.2, -0.15) is 0 Å². The van der Waals surface area contributed by atoms with Gasteiger partial charge < -0.3 is 10.3 Å². The SMILES string of the molecule is C/N=C/C/C=C\C(Br)=C/NC(C)C. The Morgan fingerprint density at radius 3 is 2.77 bits per heavy atom. The van der Waals surface area contributed by atoms with Crippen LogP contribution in [0, 0.1) is 0 Å². The van der Waals surface area contributed by atoms with E-state index in [2.05, 4.69) is 46.2 Å². The zero-order valence-electron chi connectivity index (χ0n) is 8.42. The van der Waals surface area contributed by atoms with Crippen molar-refractivity contribution in [2.24, 2.45) is 4.99 Å². The highest BCUT2D eigenvalue weighted by molar-refractivity contribution is 9.11. The zero-order valence-corrected chi connectivity index (χ0v) is 10.0. The molecule has 0 aliphatic heterocycles. The van der Waals surface area contributed by atoms with E-state index in [1.54, 1.807) is 7.05 Å². The monoisotopic (exact) mass is 244 g/mol. The molecule has 13 heavy (non-hydrogen) atoms. The highest BCUT2D eigenvalue weighted by Gasteiger charge is 1.86. The molecule has 0 aliphatic carbocycles. The molecule has 0 bridgehead atoms. The van der Waals surface area contributed by atoms with E-state index >= 15 is 0 Å². The molecule has 0 aromatic rings. The molecule has 0 amide bonds. The Morgan fingerprint density at radius 1 is 1.54 bits per heavy atom. The van der Waals surface area contributed by atoms with E-state index in [9.17, 15) is 0 Å². The van der Waals surface area contributed by atoms with Gasteiger partial charge in [0.2, 0.25) is 0 Å². The molecular formula is C10H17BrN2. The predicted molar refractivity (Wildman–Crippen MR) is 63.5 cm³/mol. The van der Waals surface area contributed by atoms with Crippen LogP contribution in [0.3, 0.4) is 0 Å². The molecule has 74 valence electrons. The van der Waals surface area contributed by atoms with Gasteiger partial charge in [-0.25, -0.2) is 0 Å². The maximum Gasteiger partial charge on any atom is 0.0329 e. The largest absolute Gasteiger partial charge is 0.388 e. The quantitative estimate of drug-likeness (QED) is 0.584. The van der Waals surface area contributed by atoms with Crippen LogP contribution in [0.2, 0.25) is 0 Å². The smallest absolute Gasteiger partial charge is 0.0329 e. The summed E-state index contributed by atoms with van der Waals surface area (Å²) in [6.45, 7) is 4.20. The van der Waals surface area contributed by atoms with Gasteiger partial charge in [0.25, 0.3) is 0 Å². The summed E-state index contributed by atoms with van der Waals surface area (Å²) in [6, 6.07) is 0.471. The number of nitrogens with zero attached hydrogens (tertiary/aromatic N) is 1. The van der Waals surface area contributed by atoms with E-state index in [-0.39, 0.29) is 0 Å². The molecule has 0 rings (SSSR count). The van der Waals surface area contributed by atoms with Gasteiger partial charge in [-0.05, 0) is 29.8 Å². The summed E-state index contributed by atoms with van der Waals surface area (Å²) in [5.74, 6) is 0. The lowest BCUT2D eigenvalue weighted by Crippen LogP contribution is -2.15. The molecule has 0 radical (unpaired) electrons. The first-order valence-corrected chi connectivity index (χ1v) is 5.15. The van der Waals surface area contributed by atoms with Crippen molar-refractivity contribution in [3.8, 4) is 0 Å². The van der Waals surface area contributed by atoms with Crippen LogP contribution in [0.25, 0.3) is 0 Å². The van der Waals surface area contributed by atoms with Crippen LogP contribution in [0.1, 0.15) is 20.3 Å². The third-order valence-electron chi connectivity index (χ3n) is 1.26. The lowest BCUT2D eigenvalue weighted by Gasteiger charge is -2.02. The van der Waals surface area contributed by atoms with Gasteiger partial charge in [0.05, 0.1) is 0 Å². The van der Waals surface area contributed by atoms with Crippen molar-refractivity contribution in [3.05, 3.63) is 22.8 Å². The predicted octanol–water partition coefficient (Wildman–Crippen LogP) is 2.87. The van der Waals surface area contributed by atoms with E-state index in [4.69, 9.17) is 0 Å². The van der Waals surface area contributed by atoms with Crippen molar-refractivity contribution >= 4 is 22.1 Å².